The van der Waals surface area contributed by atoms with Gasteiger partial charge in [0.2, 0.25) is 0 Å². The summed E-state index contributed by atoms with van der Waals surface area (Å²) in [5.74, 6) is -0.223. The molecule has 114 valence electrons. The monoisotopic (exact) mass is 358 g/mol. The van der Waals surface area contributed by atoms with Crippen LogP contribution >= 0.6 is 15.9 Å². The average molecular weight is 359 g/mol. The van der Waals surface area contributed by atoms with Crippen LogP contribution in [0.1, 0.15) is 11.1 Å². The summed E-state index contributed by atoms with van der Waals surface area (Å²) in [6.45, 7) is -0.418. The van der Waals surface area contributed by atoms with E-state index in [1.807, 2.05) is 0 Å². The van der Waals surface area contributed by atoms with Crippen molar-refractivity contribution in [1.82, 2.24) is 0 Å². The van der Waals surface area contributed by atoms with Crippen LogP contribution in [0.15, 0.2) is 12.1 Å². The fraction of sp³-hybridized carbons (Fsp3) is 0.500. The summed E-state index contributed by atoms with van der Waals surface area (Å²) in [4.78, 5) is 0. The molecule has 0 unspecified atom stereocenters. The van der Waals surface area contributed by atoms with Crippen LogP contribution in [0.2, 0.25) is 0 Å². The SMILES string of the molecule is COCOc1cc(C(F)(F)F)c(OCOC)cc1CBr. The lowest BCUT2D eigenvalue weighted by Crippen LogP contribution is -2.12. The van der Waals surface area contributed by atoms with Gasteiger partial charge in [-0.05, 0) is 12.1 Å². The van der Waals surface area contributed by atoms with E-state index in [9.17, 15) is 13.2 Å². The number of halogens is 4. The molecule has 8 heteroatoms. The molecular weight excluding hydrogens is 345 g/mol. The first kappa shape index (κ1) is 17.1. The zero-order valence-electron chi connectivity index (χ0n) is 10.9. The van der Waals surface area contributed by atoms with Crippen molar-refractivity contribution in [1.29, 1.82) is 0 Å². The Morgan fingerprint density at radius 3 is 2.00 bits per heavy atom. The molecule has 0 saturated carbocycles. The van der Waals surface area contributed by atoms with Gasteiger partial charge in [-0.3, -0.25) is 0 Å². The van der Waals surface area contributed by atoms with Crippen molar-refractivity contribution in [2.75, 3.05) is 27.8 Å². The van der Waals surface area contributed by atoms with Gasteiger partial charge in [0.05, 0.1) is 0 Å². The lowest BCUT2D eigenvalue weighted by atomic mass is 10.1. The third kappa shape index (κ3) is 4.53. The fourth-order valence-electron chi connectivity index (χ4n) is 1.43. The molecule has 0 aliphatic rings. The Labute approximate surface area is 122 Å². The van der Waals surface area contributed by atoms with Crippen LogP contribution in [0.25, 0.3) is 0 Å². The molecule has 0 atom stereocenters. The van der Waals surface area contributed by atoms with E-state index in [1.165, 1.54) is 20.3 Å². The maximum atomic E-state index is 13.0. The van der Waals surface area contributed by atoms with Crippen LogP contribution in [-0.4, -0.2) is 27.8 Å². The van der Waals surface area contributed by atoms with Crippen molar-refractivity contribution in [2.45, 2.75) is 11.5 Å². The molecule has 0 amide bonds. The Morgan fingerprint density at radius 1 is 1.00 bits per heavy atom. The third-order valence-corrected chi connectivity index (χ3v) is 2.88. The second-order valence-electron chi connectivity index (χ2n) is 3.69. The van der Waals surface area contributed by atoms with Crippen LogP contribution in [0.5, 0.6) is 11.5 Å². The number of methoxy groups -OCH3 is 2. The second kappa shape index (κ2) is 7.70. The van der Waals surface area contributed by atoms with Gasteiger partial charge >= 0.3 is 6.18 Å². The highest BCUT2D eigenvalue weighted by Crippen LogP contribution is 2.40. The topological polar surface area (TPSA) is 36.9 Å². The average Bonchev–Trinajstić information content (AvgIpc) is 2.41. The normalized spacial score (nSPS) is 11.5. The molecule has 0 heterocycles. The fourth-order valence-corrected chi connectivity index (χ4v) is 1.86. The Morgan fingerprint density at radius 2 is 1.55 bits per heavy atom. The molecule has 0 saturated heterocycles. The zero-order valence-corrected chi connectivity index (χ0v) is 12.5. The molecule has 0 aliphatic carbocycles. The van der Waals surface area contributed by atoms with E-state index in [4.69, 9.17) is 14.2 Å². The van der Waals surface area contributed by atoms with Gasteiger partial charge in [0.1, 0.15) is 17.1 Å². The summed E-state index contributed by atoms with van der Waals surface area (Å²) < 4.78 is 58.4. The summed E-state index contributed by atoms with van der Waals surface area (Å²) in [6.07, 6.45) is -4.56. The maximum absolute atomic E-state index is 13.0. The maximum Gasteiger partial charge on any atom is 0.420 e. The summed E-state index contributed by atoms with van der Waals surface area (Å²) >= 11 is 3.19. The van der Waals surface area contributed by atoms with Gasteiger partial charge in [-0.15, -0.1) is 0 Å². The lowest BCUT2D eigenvalue weighted by molar-refractivity contribution is -0.139. The Kier molecular flexibility index (Phi) is 6.57. The van der Waals surface area contributed by atoms with Crippen LogP contribution in [-0.2, 0) is 21.0 Å². The van der Waals surface area contributed by atoms with Crippen LogP contribution in [0.4, 0.5) is 13.2 Å². The molecule has 1 aromatic rings. The van der Waals surface area contributed by atoms with Crippen molar-refractivity contribution >= 4 is 15.9 Å². The smallest absolute Gasteiger partial charge is 0.420 e. The Balaban J connectivity index is 3.21. The van der Waals surface area contributed by atoms with Crippen molar-refractivity contribution < 1.29 is 32.1 Å². The molecule has 1 rings (SSSR count). The van der Waals surface area contributed by atoms with E-state index in [2.05, 4.69) is 20.7 Å². The van der Waals surface area contributed by atoms with Gasteiger partial charge in [0, 0.05) is 25.1 Å². The summed E-state index contributed by atoms with van der Waals surface area (Å²) in [7, 11) is 2.71. The minimum atomic E-state index is -4.56. The lowest BCUT2D eigenvalue weighted by Gasteiger charge is -2.17. The molecule has 0 spiro atoms. The largest absolute Gasteiger partial charge is 0.467 e. The summed E-state index contributed by atoms with van der Waals surface area (Å²) in [5, 5.41) is 0.313. The first-order valence-corrected chi connectivity index (χ1v) is 6.59. The Bertz CT molecular complexity index is 437. The number of benzene rings is 1. The highest BCUT2D eigenvalue weighted by molar-refractivity contribution is 9.08. The van der Waals surface area contributed by atoms with E-state index in [0.717, 1.165) is 6.07 Å². The minimum absolute atomic E-state index is 0.0841. The number of alkyl halides is 4. The van der Waals surface area contributed by atoms with E-state index < -0.39 is 11.7 Å². The number of hydrogen-bond acceptors (Lipinski definition) is 4. The predicted octanol–water partition coefficient (Wildman–Crippen LogP) is 3.57. The summed E-state index contributed by atoms with van der Waals surface area (Å²) in [6, 6.07) is 2.15. The van der Waals surface area contributed by atoms with Crippen LogP contribution < -0.4 is 9.47 Å². The quantitative estimate of drug-likeness (QED) is 0.551. The highest BCUT2D eigenvalue weighted by atomic mass is 79.9. The number of ether oxygens (including phenoxy) is 4. The first-order chi connectivity index (χ1) is 9.43. The molecule has 0 bridgehead atoms. The molecule has 4 nitrogen and oxygen atoms in total. The van der Waals surface area contributed by atoms with E-state index in [1.54, 1.807) is 0 Å². The molecule has 0 fully saturated rings. The molecule has 20 heavy (non-hydrogen) atoms. The standard InChI is InChI=1S/C12H14BrF3O4/c1-17-6-19-10-4-9(12(14,15)16)11(20-7-18-2)3-8(10)5-13/h3-4H,5-7H2,1-2H3. The van der Waals surface area contributed by atoms with Crippen molar-refractivity contribution in [3.63, 3.8) is 0 Å². The van der Waals surface area contributed by atoms with Crippen LogP contribution in [0.3, 0.4) is 0 Å². The van der Waals surface area contributed by atoms with Gasteiger partial charge in [-0.2, -0.15) is 13.2 Å². The molecule has 0 radical (unpaired) electrons. The molecule has 0 aliphatic heterocycles. The number of hydrogen-bond donors (Lipinski definition) is 0. The highest BCUT2D eigenvalue weighted by Gasteiger charge is 2.35. The zero-order chi connectivity index (χ0) is 15.2. The van der Waals surface area contributed by atoms with Gasteiger partial charge in [-0.25, -0.2) is 0 Å². The third-order valence-electron chi connectivity index (χ3n) is 2.28. The van der Waals surface area contributed by atoms with Gasteiger partial charge in [-0.1, -0.05) is 15.9 Å². The minimum Gasteiger partial charge on any atom is -0.467 e. The van der Waals surface area contributed by atoms with E-state index >= 15 is 0 Å². The van der Waals surface area contributed by atoms with Gasteiger partial charge in [0.25, 0.3) is 0 Å². The van der Waals surface area contributed by atoms with Crippen LogP contribution in [0, 0.1) is 0 Å². The molecule has 0 N–H and O–H groups in total. The van der Waals surface area contributed by atoms with Crippen molar-refractivity contribution in [2.24, 2.45) is 0 Å². The molecule has 0 aromatic heterocycles. The Hall–Kier alpha value is -0.990. The summed E-state index contributed by atoms with van der Waals surface area (Å²) in [5.41, 5.74) is -0.411. The number of rotatable bonds is 7. The van der Waals surface area contributed by atoms with Crippen molar-refractivity contribution in [3.05, 3.63) is 23.3 Å². The molecule has 1 aromatic carbocycles. The van der Waals surface area contributed by atoms with E-state index in [-0.39, 0.29) is 25.1 Å². The first-order valence-electron chi connectivity index (χ1n) is 5.47. The second-order valence-corrected chi connectivity index (χ2v) is 4.25. The predicted molar refractivity (Wildman–Crippen MR) is 69.1 cm³/mol. The molecular formula is C12H14BrF3O4. The van der Waals surface area contributed by atoms with E-state index in [0.29, 0.717) is 10.9 Å². The van der Waals surface area contributed by atoms with Gasteiger partial charge in [0.15, 0.2) is 13.6 Å². The van der Waals surface area contributed by atoms with Gasteiger partial charge < -0.3 is 18.9 Å². The van der Waals surface area contributed by atoms with Crippen molar-refractivity contribution in [3.8, 4) is 11.5 Å².